The van der Waals surface area contributed by atoms with E-state index in [9.17, 15) is 0 Å². The zero-order valence-corrected chi connectivity index (χ0v) is 12.8. The Hall–Kier alpha value is -1.37. The summed E-state index contributed by atoms with van der Waals surface area (Å²) >= 11 is 2.24. The highest BCUT2D eigenvalue weighted by Gasteiger charge is 2.14. The van der Waals surface area contributed by atoms with Crippen molar-refractivity contribution in [1.82, 2.24) is 9.97 Å². The van der Waals surface area contributed by atoms with Crippen LogP contribution in [0.25, 0.3) is 11.4 Å². The highest BCUT2D eigenvalue weighted by Crippen LogP contribution is 2.29. The Morgan fingerprint density at radius 1 is 1.42 bits per heavy atom. The van der Waals surface area contributed by atoms with E-state index >= 15 is 0 Å². The molecule has 0 radical (unpaired) electrons. The fraction of sp³-hybridized carbons (Fsp3) is 0.286. The molecule has 2 heterocycles. The third-order valence-electron chi connectivity index (χ3n) is 3.04. The minimum Gasteiger partial charge on any atom is -0.493 e. The van der Waals surface area contributed by atoms with Gasteiger partial charge in [-0.05, 0) is 53.3 Å². The molecule has 4 nitrogen and oxygen atoms in total. The molecule has 2 aromatic rings. The summed E-state index contributed by atoms with van der Waals surface area (Å²) in [6, 6.07) is 6.15. The highest BCUT2D eigenvalue weighted by atomic mass is 127. The van der Waals surface area contributed by atoms with E-state index in [4.69, 9.17) is 4.74 Å². The molecule has 0 aliphatic carbocycles. The number of aromatic nitrogens is 2. The number of anilines is 1. The summed E-state index contributed by atoms with van der Waals surface area (Å²) in [6.45, 7) is 3.68. The number of benzene rings is 1. The molecule has 1 N–H and O–H groups in total. The fourth-order valence-corrected chi connectivity index (χ4v) is 2.57. The van der Waals surface area contributed by atoms with Gasteiger partial charge in [-0.3, -0.25) is 0 Å². The van der Waals surface area contributed by atoms with E-state index in [0.717, 1.165) is 46.1 Å². The third kappa shape index (κ3) is 2.51. The summed E-state index contributed by atoms with van der Waals surface area (Å²) in [5, 5.41) is 3.25. The molecule has 0 spiro atoms. The van der Waals surface area contributed by atoms with Crippen LogP contribution in [-0.4, -0.2) is 23.1 Å². The monoisotopic (exact) mass is 367 g/mol. The van der Waals surface area contributed by atoms with Gasteiger partial charge in [-0.1, -0.05) is 0 Å². The first-order valence-electron chi connectivity index (χ1n) is 6.30. The Morgan fingerprint density at radius 3 is 3.16 bits per heavy atom. The molecule has 98 valence electrons. The van der Waals surface area contributed by atoms with Crippen LogP contribution < -0.4 is 10.1 Å². The molecule has 0 amide bonds. The number of nitrogens with one attached hydrogen (secondary N) is 1. The van der Waals surface area contributed by atoms with E-state index in [-0.39, 0.29) is 0 Å². The first kappa shape index (κ1) is 12.7. The normalized spacial score (nSPS) is 12.9. The molecule has 5 heteroatoms. The Kier molecular flexibility index (Phi) is 3.54. The lowest BCUT2D eigenvalue weighted by Gasteiger charge is -2.08. The maximum Gasteiger partial charge on any atom is 0.161 e. The quantitative estimate of drug-likeness (QED) is 0.847. The molecule has 0 atom stereocenters. The number of ether oxygens (including phenoxy) is 1. The summed E-state index contributed by atoms with van der Waals surface area (Å²) in [6.07, 6.45) is 2.82. The lowest BCUT2D eigenvalue weighted by molar-refractivity contribution is 0.357. The van der Waals surface area contributed by atoms with Crippen LogP contribution in [0.4, 0.5) is 5.82 Å². The van der Waals surface area contributed by atoms with Crippen LogP contribution >= 0.6 is 22.6 Å². The predicted molar refractivity (Wildman–Crippen MR) is 83.5 cm³/mol. The van der Waals surface area contributed by atoms with Gasteiger partial charge in [-0.15, -0.1) is 0 Å². The van der Waals surface area contributed by atoms with Crippen molar-refractivity contribution in [1.29, 1.82) is 0 Å². The van der Waals surface area contributed by atoms with Gasteiger partial charge < -0.3 is 10.1 Å². The topological polar surface area (TPSA) is 47.0 Å². The second-order valence-corrected chi connectivity index (χ2v) is 5.50. The molecule has 1 aliphatic rings. The molecule has 0 saturated heterocycles. The largest absolute Gasteiger partial charge is 0.493 e. The molecule has 0 unspecified atom stereocenters. The Labute approximate surface area is 125 Å². The lowest BCUT2D eigenvalue weighted by Crippen LogP contribution is -2.03. The molecule has 1 aromatic carbocycles. The number of fused-ring (bicyclic) bond motifs is 1. The van der Waals surface area contributed by atoms with Crippen LogP contribution in [0.15, 0.2) is 24.4 Å². The van der Waals surface area contributed by atoms with Crippen molar-refractivity contribution >= 4 is 28.4 Å². The maximum atomic E-state index is 5.52. The molecule has 19 heavy (non-hydrogen) atoms. The molecule has 3 rings (SSSR count). The number of hydrogen-bond donors (Lipinski definition) is 1. The Balaban J connectivity index is 1.99. The van der Waals surface area contributed by atoms with Gasteiger partial charge in [0, 0.05) is 24.7 Å². The van der Waals surface area contributed by atoms with Crippen LogP contribution in [0.3, 0.4) is 0 Å². The van der Waals surface area contributed by atoms with Gasteiger partial charge in [0.25, 0.3) is 0 Å². The van der Waals surface area contributed by atoms with Crippen molar-refractivity contribution in [2.75, 3.05) is 18.5 Å². The van der Waals surface area contributed by atoms with Gasteiger partial charge in [-0.25, -0.2) is 9.97 Å². The van der Waals surface area contributed by atoms with Crippen molar-refractivity contribution in [3.8, 4) is 17.1 Å². The van der Waals surface area contributed by atoms with Gasteiger partial charge in [-0.2, -0.15) is 0 Å². The number of halogens is 1. The van der Waals surface area contributed by atoms with E-state index in [1.807, 2.05) is 18.3 Å². The van der Waals surface area contributed by atoms with Crippen LogP contribution in [-0.2, 0) is 6.42 Å². The first-order valence-corrected chi connectivity index (χ1v) is 7.38. The number of rotatable bonds is 3. The number of nitrogens with zero attached hydrogens (tertiary/aromatic N) is 2. The standard InChI is InChI=1S/C14H14IN3O/c1-2-16-14-11(15)8-17-13(18-14)10-3-4-12-9(7-10)5-6-19-12/h3-4,7-8H,2,5-6H2,1H3,(H,16,17,18). The summed E-state index contributed by atoms with van der Waals surface area (Å²) < 4.78 is 6.55. The van der Waals surface area contributed by atoms with E-state index in [0.29, 0.717) is 0 Å². The van der Waals surface area contributed by atoms with E-state index < -0.39 is 0 Å². The van der Waals surface area contributed by atoms with Crippen LogP contribution in [0.1, 0.15) is 12.5 Å². The van der Waals surface area contributed by atoms with E-state index in [1.54, 1.807) is 0 Å². The van der Waals surface area contributed by atoms with Crippen molar-refractivity contribution in [3.05, 3.63) is 33.5 Å². The van der Waals surface area contributed by atoms with Gasteiger partial charge >= 0.3 is 0 Å². The minimum atomic E-state index is 0.756. The van der Waals surface area contributed by atoms with E-state index in [1.165, 1.54) is 5.56 Å². The molecule has 1 aliphatic heterocycles. The second-order valence-electron chi connectivity index (χ2n) is 4.34. The van der Waals surface area contributed by atoms with E-state index in [2.05, 4.69) is 50.9 Å². The molecular formula is C14H14IN3O. The molecule has 0 fully saturated rings. The number of hydrogen-bond acceptors (Lipinski definition) is 4. The smallest absolute Gasteiger partial charge is 0.161 e. The summed E-state index contributed by atoms with van der Waals surface area (Å²) in [7, 11) is 0. The average Bonchev–Trinajstić information content (AvgIpc) is 2.89. The van der Waals surface area contributed by atoms with Crippen LogP contribution in [0.5, 0.6) is 5.75 Å². The van der Waals surface area contributed by atoms with Crippen molar-refractivity contribution in [2.24, 2.45) is 0 Å². The van der Waals surface area contributed by atoms with Crippen LogP contribution in [0, 0.1) is 3.57 Å². The zero-order valence-electron chi connectivity index (χ0n) is 10.6. The molecular weight excluding hydrogens is 353 g/mol. The molecule has 0 bridgehead atoms. The van der Waals surface area contributed by atoms with Gasteiger partial charge in [0.05, 0.1) is 10.2 Å². The Bertz CT molecular complexity index is 616. The fourth-order valence-electron chi connectivity index (χ4n) is 2.12. The predicted octanol–water partition coefficient (Wildman–Crippen LogP) is 3.11. The van der Waals surface area contributed by atoms with Crippen molar-refractivity contribution < 1.29 is 4.74 Å². The summed E-state index contributed by atoms with van der Waals surface area (Å²) in [5.41, 5.74) is 2.28. The lowest BCUT2D eigenvalue weighted by atomic mass is 10.1. The van der Waals surface area contributed by atoms with Gasteiger partial charge in [0.1, 0.15) is 11.6 Å². The zero-order chi connectivity index (χ0) is 13.2. The molecule has 0 saturated carbocycles. The Morgan fingerprint density at radius 2 is 2.32 bits per heavy atom. The summed E-state index contributed by atoms with van der Waals surface area (Å²) in [5.74, 6) is 2.64. The molecule has 1 aromatic heterocycles. The van der Waals surface area contributed by atoms with Gasteiger partial charge in [0.15, 0.2) is 5.82 Å². The van der Waals surface area contributed by atoms with Crippen molar-refractivity contribution in [3.63, 3.8) is 0 Å². The summed E-state index contributed by atoms with van der Waals surface area (Å²) in [4.78, 5) is 9.00. The minimum absolute atomic E-state index is 0.756. The second kappa shape index (κ2) is 5.32. The van der Waals surface area contributed by atoms with Crippen LogP contribution in [0.2, 0.25) is 0 Å². The third-order valence-corrected chi connectivity index (χ3v) is 3.83. The maximum absolute atomic E-state index is 5.52. The first-order chi connectivity index (χ1) is 9.28. The van der Waals surface area contributed by atoms with Gasteiger partial charge in [0.2, 0.25) is 0 Å². The average molecular weight is 367 g/mol. The SMILES string of the molecule is CCNc1nc(-c2ccc3c(c2)CCO3)ncc1I. The van der Waals surface area contributed by atoms with Crippen molar-refractivity contribution in [2.45, 2.75) is 13.3 Å². The highest BCUT2D eigenvalue weighted by molar-refractivity contribution is 14.1.